The van der Waals surface area contributed by atoms with E-state index in [1.807, 2.05) is 18.4 Å². The third kappa shape index (κ3) is 3.61. The number of hydrogen-bond acceptors (Lipinski definition) is 8. The number of methoxy groups -OCH3 is 2. The molecule has 148 valence electrons. The van der Waals surface area contributed by atoms with Crippen LogP contribution in [-0.2, 0) is 6.54 Å². The molecule has 0 saturated carbocycles. The van der Waals surface area contributed by atoms with Gasteiger partial charge in [-0.3, -0.25) is 9.69 Å². The van der Waals surface area contributed by atoms with Crippen molar-refractivity contribution >= 4 is 28.1 Å². The lowest BCUT2D eigenvalue weighted by molar-refractivity contribution is 0.319. The van der Waals surface area contributed by atoms with Crippen LogP contribution in [0.4, 0.5) is 0 Å². The van der Waals surface area contributed by atoms with Crippen LogP contribution in [0.25, 0.3) is 4.96 Å². The second kappa shape index (κ2) is 8.10. The standard InChI is InChI=1S/C19H22N4O3S2/c1-25-15-6-4-5-14(17(15)26-2)12-7-8-22(10-12)11-13-9-16(24)23-18(20-13)28-19(21-23)27-3/h4-6,9,12H,7-8,10-11H2,1-3H3. The molecular formula is C19H22N4O3S2. The first-order valence-corrected chi connectivity index (χ1v) is 11.0. The molecule has 1 aliphatic heterocycles. The van der Waals surface area contributed by atoms with Crippen molar-refractivity contribution in [2.24, 2.45) is 0 Å². The van der Waals surface area contributed by atoms with E-state index in [1.54, 1.807) is 20.3 Å². The number of benzene rings is 1. The van der Waals surface area contributed by atoms with Gasteiger partial charge in [-0.25, -0.2) is 4.98 Å². The van der Waals surface area contributed by atoms with Crippen molar-refractivity contribution in [3.8, 4) is 11.5 Å². The zero-order valence-electron chi connectivity index (χ0n) is 16.0. The first-order valence-electron chi connectivity index (χ1n) is 9.00. The van der Waals surface area contributed by atoms with Crippen LogP contribution >= 0.6 is 23.1 Å². The van der Waals surface area contributed by atoms with Gasteiger partial charge in [0.25, 0.3) is 5.56 Å². The summed E-state index contributed by atoms with van der Waals surface area (Å²) in [6, 6.07) is 7.62. The number of rotatable bonds is 6. The highest BCUT2D eigenvalue weighted by atomic mass is 32.2. The van der Waals surface area contributed by atoms with Crippen LogP contribution in [0.3, 0.4) is 0 Å². The Bertz CT molecular complexity index is 1050. The Hall–Kier alpha value is -2.10. The van der Waals surface area contributed by atoms with Crippen LogP contribution in [0.5, 0.6) is 11.5 Å². The highest BCUT2D eigenvalue weighted by molar-refractivity contribution is 8.00. The van der Waals surface area contributed by atoms with E-state index in [4.69, 9.17) is 9.47 Å². The van der Waals surface area contributed by atoms with Crippen molar-refractivity contribution in [2.75, 3.05) is 33.6 Å². The molecule has 1 saturated heterocycles. The van der Waals surface area contributed by atoms with E-state index in [-0.39, 0.29) is 5.56 Å². The number of likely N-dealkylation sites (tertiary alicyclic amines) is 1. The fourth-order valence-corrected chi connectivity index (χ4v) is 5.07. The zero-order valence-corrected chi connectivity index (χ0v) is 17.7. The maximum atomic E-state index is 12.4. The topological polar surface area (TPSA) is 69.0 Å². The van der Waals surface area contributed by atoms with Crippen molar-refractivity contribution in [1.29, 1.82) is 0 Å². The number of nitrogens with zero attached hydrogens (tertiary/aromatic N) is 4. The molecule has 1 atom stereocenters. The molecule has 1 aromatic carbocycles. The van der Waals surface area contributed by atoms with Crippen LogP contribution in [0.2, 0.25) is 0 Å². The SMILES string of the molecule is COc1cccc(C2CCN(Cc3cc(=O)n4nc(SC)sc4n3)C2)c1OC. The lowest BCUT2D eigenvalue weighted by atomic mass is 9.97. The van der Waals surface area contributed by atoms with E-state index in [9.17, 15) is 4.79 Å². The van der Waals surface area contributed by atoms with Gasteiger partial charge in [0.2, 0.25) is 4.96 Å². The predicted octanol–water partition coefficient (Wildman–Crippen LogP) is 2.88. The largest absolute Gasteiger partial charge is 0.493 e. The van der Waals surface area contributed by atoms with E-state index in [2.05, 4.69) is 21.0 Å². The van der Waals surface area contributed by atoms with Crippen LogP contribution in [0.1, 0.15) is 23.6 Å². The average Bonchev–Trinajstić information content (AvgIpc) is 3.34. The summed E-state index contributed by atoms with van der Waals surface area (Å²) in [5.74, 6) is 1.93. The van der Waals surface area contributed by atoms with Gasteiger partial charge in [-0.15, -0.1) is 5.10 Å². The minimum absolute atomic E-state index is 0.123. The summed E-state index contributed by atoms with van der Waals surface area (Å²) in [4.78, 5) is 20.0. The van der Waals surface area contributed by atoms with Gasteiger partial charge in [0.15, 0.2) is 15.8 Å². The van der Waals surface area contributed by atoms with Gasteiger partial charge in [0.05, 0.1) is 19.9 Å². The molecule has 0 amide bonds. The van der Waals surface area contributed by atoms with Crippen LogP contribution in [-0.4, -0.2) is 53.1 Å². The lowest BCUT2D eigenvalue weighted by Gasteiger charge is -2.18. The fraction of sp³-hybridized carbons (Fsp3) is 0.421. The Morgan fingerprint density at radius 2 is 2.18 bits per heavy atom. The predicted molar refractivity (Wildman–Crippen MR) is 111 cm³/mol. The van der Waals surface area contributed by atoms with Crippen molar-refractivity contribution in [3.05, 3.63) is 45.9 Å². The number of fused-ring (bicyclic) bond motifs is 1. The minimum Gasteiger partial charge on any atom is -0.493 e. The zero-order chi connectivity index (χ0) is 19.7. The quantitative estimate of drug-likeness (QED) is 0.570. The molecular weight excluding hydrogens is 396 g/mol. The molecule has 0 radical (unpaired) electrons. The molecule has 0 bridgehead atoms. The molecule has 4 rings (SSSR count). The molecule has 0 spiro atoms. The summed E-state index contributed by atoms with van der Waals surface area (Å²) >= 11 is 2.97. The molecule has 9 heteroatoms. The molecule has 2 aromatic heterocycles. The van der Waals surface area contributed by atoms with Crippen molar-refractivity contribution < 1.29 is 9.47 Å². The summed E-state index contributed by atoms with van der Waals surface area (Å²) in [6.07, 6.45) is 2.98. The Morgan fingerprint density at radius 1 is 1.32 bits per heavy atom. The van der Waals surface area contributed by atoms with E-state index in [1.165, 1.54) is 33.2 Å². The summed E-state index contributed by atoms with van der Waals surface area (Å²) in [5.41, 5.74) is 1.83. The van der Waals surface area contributed by atoms with E-state index in [0.717, 1.165) is 41.0 Å². The number of para-hydroxylation sites is 1. The molecule has 1 unspecified atom stereocenters. The van der Waals surface area contributed by atoms with Gasteiger partial charge in [0, 0.05) is 30.6 Å². The summed E-state index contributed by atoms with van der Waals surface area (Å²) in [6.45, 7) is 2.50. The maximum absolute atomic E-state index is 12.4. The molecule has 3 aromatic rings. The summed E-state index contributed by atoms with van der Waals surface area (Å²) < 4.78 is 13.3. The highest BCUT2D eigenvalue weighted by Gasteiger charge is 2.27. The number of thioether (sulfide) groups is 1. The second-order valence-corrected chi connectivity index (χ2v) is 8.66. The monoisotopic (exact) mass is 418 g/mol. The van der Waals surface area contributed by atoms with E-state index in [0.29, 0.717) is 17.4 Å². The minimum atomic E-state index is -0.123. The average molecular weight is 419 g/mol. The van der Waals surface area contributed by atoms with Crippen LogP contribution in [0, 0.1) is 0 Å². The normalized spacial score (nSPS) is 17.3. The van der Waals surface area contributed by atoms with E-state index < -0.39 is 0 Å². The molecule has 0 aliphatic carbocycles. The molecule has 1 fully saturated rings. The van der Waals surface area contributed by atoms with Crippen LogP contribution in [0.15, 0.2) is 33.4 Å². The Kier molecular flexibility index (Phi) is 5.56. The summed E-state index contributed by atoms with van der Waals surface area (Å²) in [5, 5.41) is 4.27. The first kappa shape index (κ1) is 19.2. The Balaban J connectivity index is 1.53. The first-order chi connectivity index (χ1) is 13.6. The second-order valence-electron chi connectivity index (χ2n) is 6.66. The molecule has 1 aliphatic rings. The number of aromatic nitrogens is 3. The highest BCUT2D eigenvalue weighted by Crippen LogP contribution is 2.39. The van der Waals surface area contributed by atoms with Gasteiger partial charge in [0.1, 0.15) is 0 Å². The smallest absolute Gasteiger partial charge is 0.275 e. The molecule has 3 heterocycles. The van der Waals surface area contributed by atoms with Gasteiger partial charge in [-0.2, -0.15) is 4.52 Å². The van der Waals surface area contributed by atoms with Gasteiger partial charge < -0.3 is 9.47 Å². The van der Waals surface area contributed by atoms with Gasteiger partial charge in [-0.05, 0) is 25.3 Å². The van der Waals surface area contributed by atoms with Gasteiger partial charge >= 0.3 is 0 Å². The van der Waals surface area contributed by atoms with Crippen molar-refractivity contribution in [2.45, 2.75) is 23.2 Å². The Labute approximate surface area is 171 Å². The third-order valence-electron chi connectivity index (χ3n) is 4.99. The number of hydrogen-bond donors (Lipinski definition) is 0. The van der Waals surface area contributed by atoms with Gasteiger partial charge in [-0.1, -0.05) is 35.2 Å². The third-order valence-corrected chi connectivity index (χ3v) is 6.87. The van der Waals surface area contributed by atoms with Crippen molar-refractivity contribution in [1.82, 2.24) is 19.5 Å². The summed E-state index contributed by atoms with van der Waals surface area (Å²) in [7, 11) is 3.34. The molecule has 0 N–H and O–H groups in total. The van der Waals surface area contributed by atoms with E-state index >= 15 is 0 Å². The number of ether oxygens (including phenoxy) is 2. The lowest BCUT2D eigenvalue weighted by Crippen LogP contribution is -2.23. The van der Waals surface area contributed by atoms with Crippen molar-refractivity contribution in [3.63, 3.8) is 0 Å². The fourth-order valence-electron chi connectivity index (χ4n) is 3.69. The molecule has 7 nitrogen and oxygen atoms in total. The Morgan fingerprint density at radius 3 is 2.93 bits per heavy atom. The molecule has 28 heavy (non-hydrogen) atoms. The maximum Gasteiger partial charge on any atom is 0.275 e. The van der Waals surface area contributed by atoms with Crippen LogP contribution < -0.4 is 15.0 Å².